The smallest absolute Gasteiger partial charge is 0.261 e. The third-order valence-electron chi connectivity index (χ3n) is 3.61. The molecule has 2 amide bonds. The number of carbonyl (C=O) groups is 2. The van der Waals surface area contributed by atoms with Crippen molar-refractivity contribution >= 4 is 17.5 Å². The minimum absolute atomic E-state index is 0.174. The molecule has 0 saturated heterocycles. The third kappa shape index (κ3) is 2.29. The Bertz CT molecular complexity index is 582. The van der Waals surface area contributed by atoms with Crippen LogP contribution in [0.5, 0.6) is 0 Å². The average Bonchev–Trinajstić information content (AvgIpc) is 2.74. The highest BCUT2D eigenvalue weighted by Crippen LogP contribution is 2.22. The Morgan fingerprint density at radius 2 is 1.80 bits per heavy atom. The molecular formula is C16H16N2O2. The summed E-state index contributed by atoms with van der Waals surface area (Å²) >= 11 is 0. The van der Waals surface area contributed by atoms with Gasteiger partial charge in [0, 0.05) is 18.8 Å². The molecule has 102 valence electrons. The predicted molar refractivity (Wildman–Crippen MR) is 77.1 cm³/mol. The predicted octanol–water partition coefficient (Wildman–Crippen LogP) is 2.46. The van der Waals surface area contributed by atoms with E-state index in [1.165, 1.54) is 4.90 Å². The lowest BCUT2D eigenvalue weighted by Gasteiger charge is -2.14. The third-order valence-corrected chi connectivity index (χ3v) is 3.61. The lowest BCUT2D eigenvalue weighted by Crippen LogP contribution is -2.31. The number of hydrogen-bond acceptors (Lipinski definition) is 3. The molecule has 2 aliphatic rings. The van der Waals surface area contributed by atoms with E-state index in [0.717, 1.165) is 31.5 Å². The van der Waals surface area contributed by atoms with Gasteiger partial charge in [-0.1, -0.05) is 18.2 Å². The van der Waals surface area contributed by atoms with Crippen LogP contribution in [-0.4, -0.2) is 35.5 Å². The molecule has 0 aromatic heterocycles. The maximum atomic E-state index is 12.2. The van der Waals surface area contributed by atoms with Crippen LogP contribution in [0.1, 0.15) is 40.0 Å². The van der Waals surface area contributed by atoms with E-state index in [2.05, 4.69) is 11.1 Å². The van der Waals surface area contributed by atoms with Crippen LogP contribution in [0.3, 0.4) is 0 Å². The van der Waals surface area contributed by atoms with Crippen LogP contribution in [-0.2, 0) is 0 Å². The topological polar surface area (TPSA) is 49.7 Å². The van der Waals surface area contributed by atoms with E-state index in [0.29, 0.717) is 17.7 Å². The first-order valence-corrected chi connectivity index (χ1v) is 6.92. The van der Waals surface area contributed by atoms with Crippen molar-refractivity contribution in [2.24, 2.45) is 4.99 Å². The molecule has 2 aliphatic heterocycles. The summed E-state index contributed by atoms with van der Waals surface area (Å²) in [5, 5.41) is 0. The molecule has 0 fully saturated rings. The first-order chi connectivity index (χ1) is 9.77. The van der Waals surface area contributed by atoms with Gasteiger partial charge in [-0.2, -0.15) is 0 Å². The molecule has 0 N–H and O–H groups in total. The van der Waals surface area contributed by atoms with E-state index < -0.39 is 0 Å². The Balaban J connectivity index is 1.62. The van der Waals surface area contributed by atoms with Gasteiger partial charge in [-0.3, -0.25) is 19.5 Å². The quantitative estimate of drug-likeness (QED) is 0.788. The number of aliphatic imine (C=N–C) groups is 1. The van der Waals surface area contributed by atoms with Crippen molar-refractivity contribution in [3.63, 3.8) is 0 Å². The second kappa shape index (κ2) is 5.41. The summed E-state index contributed by atoms with van der Waals surface area (Å²) in [5.41, 5.74) is 2.10. The summed E-state index contributed by atoms with van der Waals surface area (Å²) in [6, 6.07) is 7.00. The van der Waals surface area contributed by atoms with Crippen molar-refractivity contribution < 1.29 is 9.59 Å². The van der Waals surface area contributed by atoms with Crippen molar-refractivity contribution in [3.8, 4) is 0 Å². The number of rotatable bonds is 4. The van der Waals surface area contributed by atoms with Crippen molar-refractivity contribution in [2.45, 2.75) is 19.3 Å². The molecule has 3 rings (SSSR count). The summed E-state index contributed by atoms with van der Waals surface area (Å²) in [6.45, 7) is 1.30. The first-order valence-electron chi connectivity index (χ1n) is 6.92. The van der Waals surface area contributed by atoms with Gasteiger partial charge in [0.05, 0.1) is 11.1 Å². The highest BCUT2D eigenvalue weighted by molar-refractivity contribution is 6.21. The molecule has 1 aromatic carbocycles. The van der Waals surface area contributed by atoms with Gasteiger partial charge in [0.1, 0.15) is 0 Å². The van der Waals surface area contributed by atoms with Gasteiger partial charge in [-0.15, -0.1) is 0 Å². The molecule has 4 heteroatoms. The molecule has 0 spiro atoms. The van der Waals surface area contributed by atoms with E-state index in [1.807, 2.05) is 6.08 Å². The minimum Gasteiger partial charge on any atom is -0.289 e. The minimum atomic E-state index is -0.174. The van der Waals surface area contributed by atoms with Crippen LogP contribution in [0.15, 0.2) is 41.4 Å². The second-order valence-corrected chi connectivity index (χ2v) is 4.98. The summed E-state index contributed by atoms with van der Waals surface area (Å²) in [4.78, 5) is 30.1. The van der Waals surface area contributed by atoms with Crippen molar-refractivity contribution in [1.29, 1.82) is 0 Å². The van der Waals surface area contributed by atoms with Crippen LogP contribution >= 0.6 is 0 Å². The van der Waals surface area contributed by atoms with Gasteiger partial charge in [0.25, 0.3) is 11.8 Å². The van der Waals surface area contributed by atoms with Crippen LogP contribution in [0.25, 0.3) is 0 Å². The highest BCUT2D eigenvalue weighted by atomic mass is 16.2. The SMILES string of the molecule is O=C1c2ccccc2C(=O)N1CCCC1=NCCC=C1. The van der Waals surface area contributed by atoms with Gasteiger partial charge in [0.15, 0.2) is 0 Å². The van der Waals surface area contributed by atoms with Crippen LogP contribution < -0.4 is 0 Å². The zero-order chi connectivity index (χ0) is 13.9. The first kappa shape index (κ1) is 12.8. The molecule has 0 radical (unpaired) electrons. The van der Waals surface area contributed by atoms with Crippen molar-refractivity contribution in [2.75, 3.05) is 13.1 Å². The Morgan fingerprint density at radius 1 is 1.10 bits per heavy atom. The Kier molecular flexibility index (Phi) is 3.46. The average molecular weight is 268 g/mol. The highest BCUT2D eigenvalue weighted by Gasteiger charge is 2.34. The summed E-state index contributed by atoms with van der Waals surface area (Å²) in [7, 11) is 0. The molecule has 20 heavy (non-hydrogen) atoms. The lowest BCUT2D eigenvalue weighted by molar-refractivity contribution is 0.0653. The number of nitrogens with zero attached hydrogens (tertiary/aromatic N) is 2. The number of amides is 2. The number of benzene rings is 1. The zero-order valence-electron chi connectivity index (χ0n) is 11.2. The van der Waals surface area contributed by atoms with Gasteiger partial charge >= 0.3 is 0 Å². The second-order valence-electron chi connectivity index (χ2n) is 4.98. The van der Waals surface area contributed by atoms with Crippen LogP contribution in [0.4, 0.5) is 0 Å². The van der Waals surface area contributed by atoms with E-state index in [1.54, 1.807) is 24.3 Å². The van der Waals surface area contributed by atoms with Gasteiger partial charge in [-0.05, 0) is 37.5 Å². The molecule has 0 aliphatic carbocycles. The fourth-order valence-electron chi connectivity index (χ4n) is 2.58. The van der Waals surface area contributed by atoms with E-state index in [9.17, 15) is 9.59 Å². The van der Waals surface area contributed by atoms with Crippen LogP contribution in [0, 0.1) is 0 Å². The number of imide groups is 1. The normalized spacial score (nSPS) is 17.4. The largest absolute Gasteiger partial charge is 0.289 e. The molecule has 0 unspecified atom stereocenters. The number of dihydropyridines is 1. The van der Waals surface area contributed by atoms with Crippen molar-refractivity contribution in [1.82, 2.24) is 4.90 Å². The summed E-state index contributed by atoms with van der Waals surface area (Å²) < 4.78 is 0. The summed E-state index contributed by atoms with van der Waals surface area (Å²) in [5.74, 6) is -0.349. The van der Waals surface area contributed by atoms with Gasteiger partial charge in [0.2, 0.25) is 0 Å². The van der Waals surface area contributed by atoms with E-state index in [4.69, 9.17) is 0 Å². The standard InChI is InChI=1S/C16H16N2O2/c19-15-13-8-1-2-9-14(13)16(20)18(15)11-5-7-12-6-3-4-10-17-12/h1-3,6,8-9H,4-5,7,10-11H2. The van der Waals surface area contributed by atoms with Gasteiger partial charge < -0.3 is 0 Å². The Hall–Kier alpha value is -2.23. The molecular weight excluding hydrogens is 252 g/mol. The molecule has 0 bridgehead atoms. The maximum absolute atomic E-state index is 12.2. The molecule has 4 nitrogen and oxygen atoms in total. The van der Waals surface area contributed by atoms with Crippen molar-refractivity contribution in [3.05, 3.63) is 47.5 Å². The van der Waals surface area contributed by atoms with E-state index in [-0.39, 0.29) is 11.8 Å². The summed E-state index contributed by atoms with van der Waals surface area (Å²) in [6.07, 6.45) is 6.72. The fraction of sp³-hybridized carbons (Fsp3) is 0.312. The molecule has 0 atom stereocenters. The molecule has 1 aromatic rings. The lowest BCUT2D eigenvalue weighted by atomic mass is 10.1. The zero-order valence-corrected chi connectivity index (χ0v) is 11.2. The van der Waals surface area contributed by atoms with Crippen LogP contribution in [0.2, 0.25) is 0 Å². The van der Waals surface area contributed by atoms with Gasteiger partial charge in [-0.25, -0.2) is 0 Å². The molecule has 0 saturated carbocycles. The Morgan fingerprint density at radius 3 is 2.40 bits per heavy atom. The monoisotopic (exact) mass is 268 g/mol. The number of hydrogen-bond donors (Lipinski definition) is 0. The van der Waals surface area contributed by atoms with E-state index >= 15 is 0 Å². The number of carbonyl (C=O) groups excluding carboxylic acids is 2. The number of allylic oxidation sites excluding steroid dienone is 1. The fourth-order valence-corrected chi connectivity index (χ4v) is 2.58. The maximum Gasteiger partial charge on any atom is 0.261 e. The number of fused-ring (bicyclic) bond motifs is 1. The molecule has 2 heterocycles. The Labute approximate surface area is 117 Å².